The highest BCUT2D eigenvalue weighted by molar-refractivity contribution is 6.32. The zero-order valence-corrected chi connectivity index (χ0v) is 17.0. The Bertz CT molecular complexity index is 925. The van der Waals surface area contributed by atoms with Gasteiger partial charge in [0.15, 0.2) is 11.5 Å². The number of hydrogen-bond acceptors (Lipinski definition) is 5. The molecule has 1 amide bonds. The van der Waals surface area contributed by atoms with Crippen LogP contribution in [0.4, 0.5) is 11.4 Å². The van der Waals surface area contributed by atoms with Crippen molar-refractivity contribution < 1.29 is 14.3 Å². The molecule has 3 rings (SSSR count). The summed E-state index contributed by atoms with van der Waals surface area (Å²) in [7, 11) is 3.15. The first-order valence-electron chi connectivity index (χ1n) is 9.25. The van der Waals surface area contributed by atoms with Crippen LogP contribution < -0.4 is 25.8 Å². The van der Waals surface area contributed by atoms with Gasteiger partial charge in [0.05, 0.1) is 25.5 Å². The van der Waals surface area contributed by atoms with Gasteiger partial charge in [-0.15, -0.1) is 0 Å². The van der Waals surface area contributed by atoms with E-state index in [1.54, 1.807) is 20.3 Å². The zero-order chi connectivity index (χ0) is 20.5. The Labute approximate surface area is 165 Å². The third-order valence-corrected chi connectivity index (χ3v) is 4.85. The lowest BCUT2D eigenvalue weighted by Crippen LogP contribution is -2.28. The number of benzene rings is 2. The van der Waals surface area contributed by atoms with Crippen molar-refractivity contribution in [2.45, 2.75) is 32.7 Å². The van der Waals surface area contributed by atoms with Gasteiger partial charge in [0.2, 0.25) is 0 Å². The third kappa shape index (κ3) is 3.68. The molecule has 0 bridgehead atoms. The number of fused-ring (bicyclic) bond motifs is 1. The Kier molecular flexibility index (Phi) is 5.34. The van der Waals surface area contributed by atoms with Gasteiger partial charge in [-0.25, -0.2) is 0 Å². The number of carbonyl (C=O) groups is 1. The Morgan fingerprint density at radius 1 is 1.11 bits per heavy atom. The summed E-state index contributed by atoms with van der Waals surface area (Å²) in [6.45, 7) is 5.95. The molecule has 0 saturated heterocycles. The van der Waals surface area contributed by atoms with Gasteiger partial charge >= 0.3 is 0 Å². The Morgan fingerprint density at radius 3 is 2.25 bits per heavy atom. The molecule has 4 N–H and O–H groups in total. The standard InChI is InChI=1S/C22H27N3O3/c1-6-16(24-14-9-7-13(8-10-14)22(2,3)23)20-15-11-18(27-4)19(28-5)12-17(15)25-21(20)26/h7-12,24H,6,23H2,1-5H3,(H,25,26)/b20-16-. The minimum Gasteiger partial charge on any atom is -0.493 e. The smallest absolute Gasteiger partial charge is 0.258 e. The average molecular weight is 381 g/mol. The minimum absolute atomic E-state index is 0.144. The zero-order valence-electron chi connectivity index (χ0n) is 17.0. The number of ether oxygens (including phenoxy) is 2. The van der Waals surface area contributed by atoms with Crippen LogP contribution in [0.15, 0.2) is 42.1 Å². The van der Waals surface area contributed by atoms with Crippen LogP contribution in [0.3, 0.4) is 0 Å². The van der Waals surface area contributed by atoms with Gasteiger partial charge < -0.3 is 25.8 Å². The molecule has 6 heteroatoms. The maximum Gasteiger partial charge on any atom is 0.258 e. The van der Waals surface area contributed by atoms with Crippen molar-refractivity contribution in [3.05, 3.63) is 53.2 Å². The third-order valence-electron chi connectivity index (χ3n) is 4.85. The van der Waals surface area contributed by atoms with E-state index in [-0.39, 0.29) is 5.91 Å². The predicted octanol–water partition coefficient (Wildman–Crippen LogP) is 4.08. The summed E-state index contributed by atoms with van der Waals surface area (Å²) in [6.07, 6.45) is 0.667. The summed E-state index contributed by atoms with van der Waals surface area (Å²) in [5, 5.41) is 6.31. The number of nitrogens with two attached hydrogens (primary N) is 1. The van der Waals surface area contributed by atoms with Crippen molar-refractivity contribution >= 4 is 22.9 Å². The van der Waals surface area contributed by atoms with Crippen LogP contribution in [0, 0.1) is 0 Å². The van der Waals surface area contributed by atoms with Gasteiger partial charge in [-0.05, 0) is 44.0 Å². The Hall–Kier alpha value is -2.99. The number of amides is 1. The fourth-order valence-electron chi connectivity index (χ4n) is 3.28. The summed E-state index contributed by atoms with van der Waals surface area (Å²) in [5.74, 6) is 1.02. The van der Waals surface area contributed by atoms with Crippen molar-refractivity contribution in [1.82, 2.24) is 0 Å². The second-order valence-electron chi connectivity index (χ2n) is 7.34. The van der Waals surface area contributed by atoms with Gasteiger partial charge in [0, 0.05) is 28.6 Å². The summed E-state index contributed by atoms with van der Waals surface area (Å²) in [5.41, 5.74) is 10.7. The van der Waals surface area contributed by atoms with Gasteiger partial charge in [-0.1, -0.05) is 19.1 Å². The molecule has 1 aliphatic rings. The summed E-state index contributed by atoms with van der Waals surface area (Å²) in [4.78, 5) is 12.7. The minimum atomic E-state index is -0.398. The highest BCUT2D eigenvalue weighted by atomic mass is 16.5. The first-order valence-corrected chi connectivity index (χ1v) is 9.25. The molecule has 0 fully saturated rings. The molecule has 0 radical (unpaired) electrons. The second kappa shape index (κ2) is 7.56. The van der Waals surface area contributed by atoms with Gasteiger partial charge in [-0.3, -0.25) is 4.79 Å². The molecule has 0 unspecified atom stereocenters. The predicted molar refractivity (Wildman–Crippen MR) is 113 cm³/mol. The largest absolute Gasteiger partial charge is 0.493 e. The maximum absolute atomic E-state index is 12.7. The van der Waals surface area contributed by atoms with E-state index in [9.17, 15) is 4.79 Å². The highest BCUT2D eigenvalue weighted by Crippen LogP contribution is 2.42. The Balaban J connectivity index is 2.00. The summed E-state index contributed by atoms with van der Waals surface area (Å²) < 4.78 is 10.7. The number of rotatable bonds is 6. The van der Waals surface area contributed by atoms with Crippen molar-refractivity contribution in [1.29, 1.82) is 0 Å². The molecule has 0 aromatic heterocycles. The SMILES string of the molecule is CC/C(Nc1ccc(C(C)(C)N)cc1)=C1/C(=O)Nc2cc(OC)c(OC)cc21. The average Bonchev–Trinajstić information content (AvgIpc) is 2.99. The van der Waals surface area contributed by atoms with Crippen molar-refractivity contribution in [2.75, 3.05) is 24.9 Å². The number of carbonyl (C=O) groups excluding carboxylic acids is 1. The number of anilines is 2. The summed E-state index contributed by atoms with van der Waals surface area (Å²) >= 11 is 0. The molecule has 0 atom stereocenters. The van der Waals surface area contributed by atoms with Crippen LogP contribution in [0.5, 0.6) is 11.5 Å². The quantitative estimate of drug-likeness (QED) is 0.657. The molecule has 28 heavy (non-hydrogen) atoms. The van der Waals surface area contributed by atoms with E-state index in [2.05, 4.69) is 10.6 Å². The maximum atomic E-state index is 12.7. The van der Waals surface area contributed by atoms with Gasteiger partial charge in [0.1, 0.15) is 0 Å². The first kappa shape index (κ1) is 19.8. The summed E-state index contributed by atoms with van der Waals surface area (Å²) in [6, 6.07) is 11.6. The van der Waals surface area contributed by atoms with E-state index >= 15 is 0 Å². The normalized spacial score (nSPS) is 15.0. The molecule has 0 spiro atoms. The number of methoxy groups -OCH3 is 2. The molecule has 2 aromatic rings. The van der Waals surface area contributed by atoms with Crippen LogP contribution in [0.25, 0.3) is 5.57 Å². The fourth-order valence-corrected chi connectivity index (χ4v) is 3.28. The Morgan fingerprint density at radius 2 is 1.71 bits per heavy atom. The van der Waals surface area contributed by atoms with E-state index in [1.165, 1.54) is 0 Å². The molecule has 1 heterocycles. The van der Waals surface area contributed by atoms with Crippen LogP contribution >= 0.6 is 0 Å². The molecule has 0 saturated carbocycles. The van der Waals surface area contributed by atoms with E-state index in [0.29, 0.717) is 29.2 Å². The molecular weight excluding hydrogens is 354 g/mol. The van der Waals surface area contributed by atoms with E-state index in [1.807, 2.05) is 51.1 Å². The van der Waals surface area contributed by atoms with E-state index in [4.69, 9.17) is 15.2 Å². The highest BCUT2D eigenvalue weighted by Gasteiger charge is 2.29. The van der Waals surface area contributed by atoms with Crippen molar-refractivity contribution in [3.8, 4) is 11.5 Å². The fraction of sp³-hybridized carbons (Fsp3) is 0.318. The molecule has 1 aliphatic heterocycles. The van der Waals surface area contributed by atoms with Crippen LogP contribution in [0.1, 0.15) is 38.3 Å². The van der Waals surface area contributed by atoms with Gasteiger partial charge in [0.25, 0.3) is 5.91 Å². The molecule has 0 aliphatic carbocycles. The number of allylic oxidation sites excluding steroid dienone is 1. The monoisotopic (exact) mass is 381 g/mol. The van der Waals surface area contributed by atoms with Crippen LogP contribution in [0.2, 0.25) is 0 Å². The lowest BCUT2D eigenvalue weighted by Gasteiger charge is -2.20. The van der Waals surface area contributed by atoms with Crippen LogP contribution in [-0.4, -0.2) is 20.1 Å². The molecular formula is C22H27N3O3. The lowest BCUT2D eigenvalue weighted by atomic mass is 9.95. The molecule has 6 nitrogen and oxygen atoms in total. The van der Waals surface area contributed by atoms with Crippen LogP contribution in [-0.2, 0) is 10.3 Å². The number of hydrogen-bond donors (Lipinski definition) is 3. The lowest BCUT2D eigenvalue weighted by molar-refractivity contribution is -0.110. The topological polar surface area (TPSA) is 85.6 Å². The van der Waals surface area contributed by atoms with E-state index in [0.717, 1.165) is 22.5 Å². The van der Waals surface area contributed by atoms with Crippen molar-refractivity contribution in [3.63, 3.8) is 0 Å². The molecule has 148 valence electrons. The number of nitrogens with one attached hydrogen (secondary N) is 2. The van der Waals surface area contributed by atoms with Crippen molar-refractivity contribution in [2.24, 2.45) is 5.73 Å². The van der Waals surface area contributed by atoms with E-state index < -0.39 is 5.54 Å². The second-order valence-corrected chi connectivity index (χ2v) is 7.34. The first-order chi connectivity index (χ1) is 13.3. The molecule has 2 aromatic carbocycles. The van der Waals surface area contributed by atoms with Gasteiger partial charge in [-0.2, -0.15) is 0 Å².